The molecule has 0 bridgehead atoms. The first kappa shape index (κ1) is 17.6. The molecule has 0 aromatic carbocycles. The van der Waals surface area contributed by atoms with Gasteiger partial charge in [-0.25, -0.2) is 8.91 Å². The second-order valence-electron chi connectivity index (χ2n) is 5.70. The number of nitrogens with zero attached hydrogens (tertiary/aromatic N) is 3. The maximum absolute atomic E-state index is 13.3. The summed E-state index contributed by atoms with van der Waals surface area (Å²) in [6, 6.07) is 3.79. The highest BCUT2D eigenvalue weighted by molar-refractivity contribution is 9.10. The van der Waals surface area contributed by atoms with Gasteiger partial charge in [0.05, 0.1) is 29.6 Å². The van der Waals surface area contributed by atoms with Gasteiger partial charge in [0, 0.05) is 11.4 Å². The van der Waals surface area contributed by atoms with Gasteiger partial charge >= 0.3 is 0 Å². The average molecular weight is 432 g/mol. The summed E-state index contributed by atoms with van der Waals surface area (Å²) in [6.45, 7) is 4.22. The van der Waals surface area contributed by atoms with E-state index in [4.69, 9.17) is 11.6 Å². The van der Waals surface area contributed by atoms with Crippen molar-refractivity contribution in [3.05, 3.63) is 44.1 Å². The Balaban J connectivity index is 2.00. The number of anilines is 1. The first-order valence-electron chi connectivity index (χ1n) is 7.60. The summed E-state index contributed by atoms with van der Waals surface area (Å²) in [7, 11) is 0. The third-order valence-corrected chi connectivity index (χ3v) is 5.51. The Bertz CT molecular complexity index is 848. The zero-order valence-electron chi connectivity index (χ0n) is 13.3. The van der Waals surface area contributed by atoms with Gasteiger partial charge in [-0.2, -0.15) is 9.47 Å². The first-order chi connectivity index (χ1) is 11.5. The Labute approximate surface area is 157 Å². The summed E-state index contributed by atoms with van der Waals surface area (Å²) in [4.78, 5) is 0. The predicted molar refractivity (Wildman–Crippen MR) is 101 cm³/mol. The number of fused-ring (bicyclic) bond motifs is 1. The number of aromatic nitrogens is 3. The molecule has 3 aromatic rings. The summed E-state index contributed by atoms with van der Waals surface area (Å²) >= 11 is 11.2. The molecular weight excluding hydrogens is 415 g/mol. The van der Waals surface area contributed by atoms with E-state index in [1.165, 1.54) is 11.5 Å². The van der Waals surface area contributed by atoms with Crippen molar-refractivity contribution >= 4 is 50.3 Å². The maximum Gasteiger partial charge on any atom is 0.152 e. The van der Waals surface area contributed by atoms with Crippen LogP contribution < -0.4 is 5.32 Å². The molecule has 3 aromatic heterocycles. The molecule has 0 spiro atoms. The molecule has 1 atom stereocenters. The highest BCUT2D eigenvalue weighted by atomic mass is 79.9. The van der Waals surface area contributed by atoms with Crippen molar-refractivity contribution in [2.24, 2.45) is 0 Å². The van der Waals surface area contributed by atoms with Crippen LogP contribution in [0.5, 0.6) is 0 Å². The van der Waals surface area contributed by atoms with Gasteiger partial charge in [-0.1, -0.05) is 11.6 Å². The van der Waals surface area contributed by atoms with Gasteiger partial charge in [0.1, 0.15) is 4.60 Å². The molecular formula is C16H17BrClFN4S. The highest BCUT2D eigenvalue weighted by Gasteiger charge is 2.19. The molecule has 1 unspecified atom stereocenters. The third kappa shape index (κ3) is 3.58. The zero-order valence-corrected chi connectivity index (χ0v) is 16.5. The molecule has 0 saturated carbocycles. The number of halogens is 3. The van der Waals surface area contributed by atoms with E-state index in [1.54, 1.807) is 11.4 Å². The minimum absolute atomic E-state index is 0.393. The normalized spacial score (nSPS) is 12.7. The second kappa shape index (κ2) is 7.37. The van der Waals surface area contributed by atoms with Gasteiger partial charge in [-0.05, 0) is 71.3 Å². The highest BCUT2D eigenvalue weighted by Crippen LogP contribution is 2.34. The lowest BCUT2D eigenvalue weighted by molar-refractivity contribution is 0.341. The number of hydrogen-bond acceptors (Lipinski definition) is 4. The quantitative estimate of drug-likeness (QED) is 0.567. The van der Waals surface area contributed by atoms with E-state index in [1.807, 2.05) is 24.4 Å². The van der Waals surface area contributed by atoms with Gasteiger partial charge < -0.3 is 5.32 Å². The minimum atomic E-state index is -0.835. The van der Waals surface area contributed by atoms with Gasteiger partial charge in [0.15, 0.2) is 5.15 Å². The Morgan fingerprint density at radius 3 is 2.96 bits per heavy atom. The molecule has 0 radical (unpaired) electrons. The van der Waals surface area contributed by atoms with Crippen molar-refractivity contribution in [3.8, 4) is 0 Å². The predicted octanol–water partition coefficient (Wildman–Crippen LogP) is 5.42. The van der Waals surface area contributed by atoms with Crippen LogP contribution in [0.2, 0.25) is 5.15 Å². The standard InChI is InChI=1S/C16H17BrClFN4S/c1-9(19)3-4-12-10(2)15-13(20-8-11-5-6-24-22-11)7-14(18)21-23(15)16(12)17/h5-7,9,20H,3-4,8H2,1-2H3. The van der Waals surface area contributed by atoms with E-state index in [0.717, 1.165) is 32.6 Å². The van der Waals surface area contributed by atoms with Crippen LogP contribution in [0.1, 0.15) is 30.2 Å². The van der Waals surface area contributed by atoms with Crippen molar-refractivity contribution in [2.75, 3.05) is 5.32 Å². The fraction of sp³-hybridized carbons (Fsp3) is 0.375. The van der Waals surface area contributed by atoms with E-state index in [-0.39, 0.29) is 0 Å². The van der Waals surface area contributed by atoms with Crippen molar-refractivity contribution in [1.82, 2.24) is 14.0 Å². The minimum Gasteiger partial charge on any atom is -0.378 e. The summed E-state index contributed by atoms with van der Waals surface area (Å²) in [5.74, 6) is 0. The summed E-state index contributed by atoms with van der Waals surface area (Å²) in [6.07, 6.45) is 0.292. The number of aryl methyl sites for hydroxylation is 1. The molecule has 128 valence electrons. The van der Waals surface area contributed by atoms with Crippen molar-refractivity contribution < 1.29 is 4.39 Å². The van der Waals surface area contributed by atoms with E-state index in [0.29, 0.717) is 24.5 Å². The van der Waals surface area contributed by atoms with Crippen LogP contribution in [0.15, 0.2) is 22.1 Å². The van der Waals surface area contributed by atoms with Crippen LogP contribution >= 0.6 is 39.1 Å². The molecule has 0 aliphatic rings. The molecule has 4 nitrogen and oxygen atoms in total. The molecule has 0 amide bonds. The van der Waals surface area contributed by atoms with Crippen molar-refractivity contribution in [3.63, 3.8) is 0 Å². The van der Waals surface area contributed by atoms with Crippen LogP contribution in [0.4, 0.5) is 10.1 Å². The largest absolute Gasteiger partial charge is 0.378 e. The topological polar surface area (TPSA) is 42.2 Å². The van der Waals surface area contributed by atoms with Crippen LogP contribution in [0.25, 0.3) is 5.52 Å². The molecule has 24 heavy (non-hydrogen) atoms. The van der Waals surface area contributed by atoms with E-state index in [9.17, 15) is 4.39 Å². The van der Waals surface area contributed by atoms with Crippen LogP contribution in [0.3, 0.4) is 0 Å². The van der Waals surface area contributed by atoms with Crippen LogP contribution in [-0.2, 0) is 13.0 Å². The lowest BCUT2D eigenvalue weighted by atomic mass is 10.1. The zero-order chi connectivity index (χ0) is 17.3. The van der Waals surface area contributed by atoms with Crippen molar-refractivity contribution in [1.29, 1.82) is 0 Å². The molecule has 3 heterocycles. The summed E-state index contributed by atoms with van der Waals surface area (Å²) in [5, 5.41) is 10.1. The average Bonchev–Trinajstić information content (AvgIpc) is 3.12. The lowest BCUT2D eigenvalue weighted by Gasteiger charge is -2.09. The number of rotatable bonds is 6. The number of nitrogens with one attached hydrogen (secondary N) is 1. The molecule has 1 N–H and O–H groups in total. The molecule has 8 heteroatoms. The van der Waals surface area contributed by atoms with Gasteiger partial charge in [0.2, 0.25) is 0 Å². The van der Waals surface area contributed by atoms with E-state index in [2.05, 4.69) is 30.7 Å². The fourth-order valence-electron chi connectivity index (χ4n) is 2.69. The molecule has 0 aliphatic heterocycles. The lowest BCUT2D eigenvalue weighted by Crippen LogP contribution is -2.03. The first-order valence-corrected chi connectivity index (χ1v) is 9.61. The van der Waals surface area contributed by atoms with Crippen LogP contribution in [-0.4, -0.2) is 20.2 Å². The van der Waals surface area contributed by atoms with Gasteiger partial charge in [-0.3, -0.25) is 0 Å². The SMILES string of the molecule is Cc1c(CCC(C)F)c(Br)n2nc(Cl)cc(NCc3ccsn3)c12. The monoisotopic (exact) mass is 430 g/mol. The Hall–Kier alpha value is -1.18. The third-order valence-electron chi connectivity index (χ3n) is 3.91. The molecule has 0 aliphatic carbocycles. The molecule has 0 saturated heterocycles. The van der Waals surface area contributed by atoms with Gasteiger partial charge in [0.25, 0.3) is 0 Å². The molecule has 3 rings (SSSR count). The second-order valence-corrected chi connectivity index (χ2v) is 7.50. The Morgan fingerprint density at radius 1 is 1.50 bits per heavy atom. The Kier molecular flexibility index (Phi) is 5.42. The fourth-order valence-corrected chi connectivity index (χ4v) is 4.16. The number of alkyl halides is 1. The molecule has 0 fully saturated rings. The summed E-state index contributed by atoms with van der Waals surface area (Å²) in [5.41, 5.74) is 4.95. The maximum atomic E-state index is 13.3. The van der Waals surface area contributed by atoms with Crippen molar-refractivity contribution in [2.45, 2.75) is 39.4 Å². The smallest absolute Gasteiger partial charge is 0.152 e. The van der Waals surface area contributed by atoms with E-state index < -0.39 is 6.17 Å². The summed E-state index contributed by atoms with van der Waals surface area (Å²) < 4.78 is 20.2. The Morgan fingerprint density at radius 2 is 2.29 bits per heavy atom. The van der Waals surface area contributed by atoms with E-state index >= 15 is 0 Å². The van der Waals surface area contributed by atoms with Crippen LogP contribution in [0, 0.1) is 6.92 Å². The van der Waals surface area contributed by atoms with Gasteiger partial charge in [-0.15, -0.1) is 0 Å². The number of hydrogen-bond donors (Lipinski definition) is 1.